The SMILES string of the molecule is COc1ccc(-c2nc(N3CCOCC3)c3sc(CN4CCN(C(=O)[C@H](C)O)CC4)cc3n2)cn1. The van der Waals surface area contributed by atoms with E-state index in [0.29, 0.717) is 38.0 Å². The maximum Gasteiger partial charge on any atom is 0.251 e. The van der Waals surface area contributed by atoms with Crippen molar-refractivity contribution in [2.75, 3.05) is 64.5 Å². The summed E-state index contributed by atoms with van der Waals surface area (Å²) in [5.41, 5.74) is 1.77. The summed E-state index contributed by atoms with van der Waals surface area (Å²) in [5.74, 6) is 1.94. The van der Waals surface area contributed by atoms with E-state index in [-0.39, 0.29) is 5.91 Å². The van der Waals surface area contributed by atoms with Gasteiger partial charge in [-0.25, -0.2) is 15.0 Å². The molecule has 11 heteroatoms. The van der Waals surface area contributed by atoms with Gasteiger partial charge in [0.1, 0.15) is 6.10 Å². The number of methoxy groups -OCH3 is 1. The molecule has 0 bridgehead atoms. The molecule has 0 spiro atoms. The van der Waals surface area contributed by atoms with E-state index in [0.717, 1.165) is 54.3 Å². The highest BCUT2D eigenvalue weighted by atomic mass is 32.1. The molecule has 3 aromatic heterocycles. The number of amides is 1. The number of rotatable bonds is 6. The Balaban J connectivity index is 1.41. The Morgan fingerprint density at radius 1 is 1.17 bits per heavy atom. The second-order valence-corrected chi connectivity index (χ2v) is 9.90. The molecule has 1 N–H and O–H groups in total. The number of carbonyl (C=O) groups is 1. The fraction of sp³-hybridized carbons (Fsp3) is 0.500. The number of piperazine rings is 1. The zero-order valence-electron chi connectivity index (χ0n) is 20.0. The van der Waals surface area contributed by atoms with Gasteiger partial charge in [-0.3, -0.25) is 9.69 Å². The minimum atomic E-state index is -0.948. The molecular formula is C24H30N6O4S. The molecule has 35 heavy (non-hydrogen) atoms. The van der Waals surface area contributed by atoms with Gasteiger partial charge in [0, 0.05) is 68.5 Å². The number of fused-ring (bicyclic) bond motifs is 1. The Kier molecular flexibility index (Phi) is 7.09. The first kappa shape index (κ1) is 23.9. The van der Waals surface area contributed by atoms with Crippen molar-refractivity contribution in [2.24, 2.45) is 0 Å². The summed E-state index contributed by atoms with van der Waals surface area (Å²) in [5, 5.41) is 9.58. The van der Waals surface area contributed by atoms with E-state index in [4.69, 9.17) is 19.4 Å². The second-order valence-electron chi connectivity index (χ2n) is 8.76. The molecule has 0 aliphatic carbocycles. The highest BCUT2D eigenvalue weighted by Gasteiger charge is 2.25. The molecule has 0 saturated carbocycles. The number of carbonyl (C=O) groups excluding carboxylic acids is 1. The molecule has 0 radical (unpaired) electrons. The van der Waals surface area contributed by atoms with Crippen LogP contribution in [0.5, 0.6) is 5.88 Å². The Bertz CT molecular complexity index is 1170. The number of morpholine rings is 1. The minimum Gasteiger partial charge on any atom is -0.481 e. The Morgan fingerprint density at radius 2 is 1.94 bits per heavy atom. The number of aliphatic hydroxyl groups excluding tert-OH is 1. The van der Waals surface area contributed by atoms with E-state index < -0.39 is 6.10 Å². The average molecular weight is 499 g/mol. The van der Waals surface area contributed by atoms with Crippen molar-refractivity contribution >= 4 is 33.3 Å². The zero-order valence-corrected chi connectivity index (χ0v) is 20.8. The molecule has 2 aliphatic heterocycles. The van der Waals surface area contributed by atoms with Crippen molar-refractivity contribution in [3.8, 4) is 17.3 Å². The number of hydrogen-bond acceptors (Lipinski definition) is 10. The van der Waals surface area contributed by atoms with Crippen LogP contribution >= 0.6 is 11.3 Å². The summed E-state index contributed by atoms with van der Waals surface area (Å²) in [6, 6.07) is 5.90. The van der Waals surface area contributed by atoms with E-state index in [2.05, 4.69) is 20.9 Å². The van der Waals surface area contributed by atoms with E-state index >= 15 is 0 Å². The van der Waals surface area contributed by atoms with Gasteiger partial charge in [-0.2, -0.15) is 0 Å². The monoisotopic (exact) mass is 498 g/mol. The number of nitrogens with zero attached hydrogens (tertiary/aromatic N) is 6. The normalized spacial score (nSPS) is 18.1. The topological polar surface area (TPSA) is 104 Å². The predicted octanol–water partition coefficient (Wildman–Crippen LogP) is 1.62. The van der Waals surface area contributed by atoms with Crippen molar-refractivity contribution < 1.29 is 19.4 Å². The third kappa shape index (κ3) is 5.22. The minimum absolute atomic E-state index is 0.197. The summed E-state index contributed by atoms with van der Waals surface area (Å²) >= 11 is 1.73. The average Bonchev–Trinajstić information content (AvgIpc) is 3.31. The van der Waals surface area contributed by atoms with Gasteiger partial charge < -0.3 is 24.4 Å². The lowest BCUT2D eigenvalue weighted by Crippen LogP contribution is -2.50. The van der Waals surface area contributed by atoms with Crippen LogP contribution in [0.3, 0.4) is 0 Å². The van der Waals surface area contributed by atoms with Gasteiger partial charge in [-0.15, -0.1) is 11.3 Å². The first-order valence-corrected chi connectivity index (χ1v) is 12.7. The van der Waals surface area contributed by atoms with Crippen LogP contribution in [0, 0.1) is 0 Å². The van der Waals surface area contributed by atoms with Crippen molar-refractivity contribution in [3.63, 3.8) is 0 Å². The summed E-state index contributed by atoms with van der Waals surface area (Å²) < 4.78 is 11.8. The molecule has 0 aromatic carbocycles. The molecule has 0 unspecified atom stereocenters. The van der Waals surface area contributed by atoms with Gasteiger partial charge in [-0.1, -0.05) is 0 Å². The quantitative estimate of drug-likeness (QED) is 0.543. The fourth-order valence-corrected chi connectivity index (χ4v) is 5.56. The molecule has 2 saturated heterocycles. The number of ether oxygens (including phenoxy) is 2. The fourth-order valence-electron chi connectivity index (χ4n) is 4.41. The number of thiophene rings is 1. The molecule has 10 nitrogen and oxygen atoms in total. The van der Waals surface area contributed by atoms with Crippen LogP contribution in [0.25, 0.3) is 21.6 Å². The highest BCUT2D eigenvalue weighted by molar-refractivity contribution is 7.19. The van der Waals surface area contributed by atoms with Crippen molar-refractivity contribution in [1.82, 2.24) is 24.8 Å². The van der Waals surface area contributed by atoms with Gasteiger partial charge in [0.25, 0.3) is 5.91 Å². The first-order valence-electron chi connectivity index (χ1n) is 11.8. The van der Waals surface area contributed by atoms with Crippen LogP contribution in [-0.4, -0.2) is 101 Å². The Hall–Kier alpha value is -2.86. The molecule has 186 valence electrons. The van der Waals surface area contributed by atoms with Crippen LogP contribution in [-0.2, 0) is 16.1 Å². The molecule has 2 fully saturated rings. The van der Waals surface area contributed by atoms with Crippen LogP contribution < -0.4 is 9.64 Å². The van der Waals surface area contributed by atoms with Gasteiger partial charge in [0.15, 0.2) is 11.6 Å². The maximum atomic E-state index is 12.1. The summed E-state index contributed by atoms with van der Waals surface area (Å²) in [4.78, 5) is 33.8. The maximum absolute atomic E-state index is 12.1. The van der Waals surface area contributed by atoms with Gasteiger partial charge in [-0.05, 0) is 19.1 Å². The lowest BCUT2D eigenvalue weighted by Gasteiger charge is -2.35. The molecule has 5 heterocycles. The van der Waals surface area contributed by atoms with Gasteiger partial charge in [0.05, 0.1) is 30.5 Å². The van der Waals surface area contributed by atoms with Crippen LogP contribution in [0.15, 0.2) is 24.4 Å². The molecule has 5 rings (SSSR count). The lowest BCUT2D eigenvalue weighted by atomic mass is 10.2. The number of pyridine rings is 1. The standard InChI is InChI=1S/C24H30N6O4S/c1-16(31)24(32)30-7-5-28(6-8-30)15-18-13-19-21(35-18)23(29-9-11-34-12-10-29)27-22(26-19)17-3-4-20(33-2)25-14-17/h3-4,13-14,16,31H,5-12,15H2,1-2H3/t16-/m0/s1. The highest BCUT2D eigenvalue weighted by Crippen LogP contribution is 2.35. The Morgan fingerprint density at radius 3 is 2.60 bits per heavy atom. The second kappa shape index (κ2) is 10.4. The van der Waals surface area contributed by atoms with Crippen molar-refractivity contribution in [3.05, 3.63) is 29.3 Å². The smallest absolute Gasteiger partial charge is 0.251 e. The summed E-state index contributed by atoms with van der Waals surface area (Å²) in [6.45, 7) is 8.06. The molecule has 1 atom stereocenters. The number of aromatic nitrogens is 3. The number of aliphatic hydroxyl groups is 1. The molecule has 2 aliphatic rings. The van der Waals surface area contributed by atoms with Crippen LogP contribution in [0.4, 0.5) is 5.82 Å². The van der Waals surface area contributed by atoms with E-state index in [9.17, 15) is 9.90 Å². The Labute approximate surface area is 208 Å². The largest absolute Gasteiger partial charge is 0.481 e. The van der Waals surface area contributed by atoms with Crippen LogP contribution in [0.1, 0.15) is 11.8 Å². The molecule has 1 amide bonds. The predicted molar refractivity (Wildman–Crippen MR) is 134 cm³/mol. The lowest BCUT2D eigenvalue weighted by molar-refractivity contribution is -0.141. The number of anilines is 1. The van der Waals surface area contributed by atoms with Crippen molar-refractivity contribution in [1.29, 1.82) is 0 Å². The summed E-state index contributed by atoms with van der Waals surface area (Å²) in [7, 11) is 1.60. The van der Waals surface area contributed by atoms with E-state index in [1.165, 1.54) is 11.8 Å². The third-order valence-corrected chi connectivity index (χ3v) is 7.44. The number of hydrogen-bond donors (Lipinski definition) is 1. The van der Waals surface area contributed by atoms with Gasteiger partial charge >= 0.3 is 0 Å². The molecule has 3 aromatic rings. The van der Waals surface area contributed by atoms with Gasteiger partial charge in [0.2, 0.25) is 5.88 Å². The molecular weight excluding hydrogens is 468 g/mol. The first-order chi connectivity index (χ1) is 17.0. The van der Waals surface area contributed by atoms with Crippen LogP contribution in [0.2, 0.25) is 0 Å². The van der Waals surface area contributed by atoms with Crippen molar-refractivity contribution in [2.45, 2.75) is 19.6 Å². The van der Waals surface area contributed by atoms with E-state index in [1.54, 1.807) is 29.5 Å². The third-order valence-electron chi connectivity index (χ3n) is 6.34. The zero-order chi connectivity index (χ0) is 24.4. The van der Waals surface area contributed by atoms with E-state index in [1.807, 2.05) is 12.1 Å². The summed E-state index contributed by atoms with van der Waals surface area (Å²) in [6.07, 6.45) is 0.793.